The van der Waals surface area contributed by atoms with E-state index in [1.165, 1.54) is 12.2 Å². The van der Waals surface area contributed by atoms with Gasteiger partial charge in [0.1, 0.15) is 0 Å². The Morgan fingerprint density at radius 1 is 1.38 bits per heavy atom. The standard InChI is InChI=1S/C10H8N2O3S/c11-12-9-5-6-10(16(13,14)15)8-4-2-1-3-7(8)9/h1-3,5-6H,4H2,(H,13,14,15). The Bertz CT molecular complexity index is 614. The maximum atomic E-state index is 11.1. The number of hydrogen-bond donors (Lipinski definition) is 1. The van der Waals surface area contributed by atoms with Crippen LogP contribution in [0.2, 0.25) is 0 Å². The SMILES string of the molecule is [N-]=[N+]=C1C=CC(S(=O)(=O)O)=C2CC=CC=C12. The smallest absolute Gasteiger partial charge is 0.322 e. The summed E-state index contributed by atoms with van der Waals surface area (Å²) in [5.74, 6) is 0. The van der Waals surface area contributed by atoms with Crippen LogP contribution in [-0.2, 0) is 10.1 Å². The molecule has 0 heterocycles. The molecule has 0 aromatic rings. The fraction of sp³-hybridized carbons (Fsp3) is 0.100. The zero-order valence-corrected chi connectivity index (χ0v) is 8.98. The predicted molar refractivity (Wildman–Crippen MR) is 58.2 cm³/mol. The number of fused-ring (bicyclic) bond motifs is 1. The van der Waals surface area contributed by atoms with Gasteiger partial charge in [-0.1, -0.05) is 12.2 Å². The highest BCUT2D eigenvalue weighted by Crippen LogP contribution is 2.30. The number of allylic oxidation sites excluding steroid dienone is 7. The van der Waals surface area contributed by atoms with Gasteiger partial charge in [-0.05, 0) is 24.1 Å². The highest BCUT2D eigenvalue weighted by molar-refractivity contribution is 7.90. The van der Waals surface area contributed by atoms with Crippen molar-refractivity contribution in [2.24, 2.45) is 0 Å². The molecular formula is C10H8N2O3S. The van der Waals surface area contributed by atoms with Crippen molar-refractivity contribution in [3.63, 3.8) is 0 Å². The van der Waals surface area contributed by atoms with Gasteiger partial charge >= 0.3 is 5.71 Å². The van der Waals surface area contributed by atoms with Crippen LogP contribution in [0.25, 0.3) is 5.53 Å². The third-order valence-corrected chi connectivity index (χ3v) is 3.34. The Morgan fingerprint density at radius 3 is 2.75 bits per heavy atom. The second-order valence-electron chi connectivity index (χ2n) is 3.35. The van der Waals surface area contributed by atoms with Gasteiger partial charge < -0.3 is 5.53 Å². The van der Waals surface area contributed by atoms with Crippen molar-refractivity contribution in [2.75, 3.05) is 0 Å². The summed E-state index contributed by atoms with van der Waals surface area (Å²) in [6.07, 6.45) is 8.10. The third-order valence-electron chi connectivity index (χ3n) is 2.40. The minimum absolute atomic E-state index is 0.143. The summed E-state index contributed by atoms with van der Waals surface area (Å²) in [5, 5.41) is 0. The number of rotatable bonds is 1. The average molecular weight is 236 g/mol. The molecule has 82 valence electrons. The summed E-state index contributed by atoms with van der Waals surface area (Å²) >= 11 is 0. The van der Waals surface area contributed by atoms with E-state index in [2.05, 4.69) is 4.79 Å². The summed E-state index contributed by atoms with van der Waals surface area (Å²) in [5.41, 5.74) is 10.00. The first kappa shape index (κ1) is 10.8. The van der Waals surface area contributed by atoms with E-state index < -0.39 is 10.1 Å². The molecule has 0 unspecified atom stereocenters. The Kier molecular flexibility index (Phi) is 2.47. The fourth-order valence-corrected chi connectivity index (χ4v) is 2.45. The second kappa shape index (κ2) is 3.68. The van der Waals surface area contributed by atoms with Crippen LogP contribution in [0.4, 0.5) is 0 Å². The van der Waals surface area contributed by atoms with E-state index >= 15 is 0 Å². The van der Waals surface area contributed by atoms with Gasteiger partial charge in [-0.2, -0.15) is 13.2 Å². The average Bonchev–Trinajstić information content (AvgIpc) is 2.26. The molecule has 0 fully saturated rings. The minimum atomic E-state index is -4.25. The quantitative estimate of drug-likeness (QED) is 0.422. The zero-order valence-electron chi connectivity index (χ0n) is 8.16. The number of nitrogens with zero attached hydrogens (tertiary/aromatic N) is 2. The largest absolute Gasteiger partial charge is 0.361 e. The summed E-state index contributed by atoms with van der Waals surface area (Å²) < 4.78 is 31.3. The highest BCUT2D eigenvalue weighted by atomic mass is 32.2. The molecule has 0 aromatic carbocycles. The number of hydrogen-bond acceptors (Lipinski definition) is 2. The highest BCUT2D eigenvalue weighted by Gasteiger charge is 2.29. The summed E-state index contributed by atoms with van der Waals surface area (Å²) in [6.45, 7) is 0. The Hall–Kier alpha value is -1.75. The topological polar surface area (TPSA) is 90.8 Å². The van der Waals surface area contributed by atoms with Gasteiger partial charge in [0.2, 0.25) is 0 Å². The fourth-order valence-electron chi connectivity index (χ4n) is 1.71. The van der Waals surface area contributed by atoms with E-state index in [4.69, 9.17) is 10.1 Å². The van der Waals surface area contributed by atoms with Crippen LogP contribution in [0.15, 0.2) is 46.4 Å². The lowest BCUT2D eigenvalue weighted by Gasteiger charge is -2.15. The van der Waals surface area contributed by atoms with Crippen LogP contribution < -0.4 is 0 Å². The van der Waals surface area contributed by atoms with Gasteiger partial charge in [0, 0.05) is 6.08 Å². The van der Waals surface area contributed by atoms with Gasteiger partial charge in [-0.3, -0.25) is 4.55 Å². The van der Waals surface area contributed by atoms with Crippen molar-refractivity contribution in [1.82, 2.24) is 0 Å². The van der Waals surface area contributed by atoms with Crippen LogP contribution in [-0.4, -0.2) is 23.5 Å². The van der Waals surface area contributed by atoms with Crippen LogP contribution in [0.3, 0.4) is 0 Å². The molecule has 2 aliphatic carbocycles. The molecule has 0 aromatic heterocycles. The van der Waals surface area contributed by atoms with Crippen LogP contribution in [0.5, 0.6) is 0 Å². The van der Waals surface area contributed by atoms with Crippen LogP contribution in [0, 0.1) is 0 Å². The molecule has 0 bridgehead atoms. The van der Waals surface area contributed by atoms with Gasteiger partial charge in [-0.15, -0.1) is 0 Å². The van der Waals surface area contributed by atoms with Crippen molar-refractivity contribution >= 4 is 15.8 Å². The Balaban J connectivity index is 2.71. The Morgan fingerprint density at radius 2 is 2.12 bits per heavy atom. The van der Waals surface area contributed by atoms with Gasteiger partial charge in [0.25, 0.3) is 10.1 Å². The van der Waals surface area contributed by atoms with Crippen molar-refractivity contribution < 1.29 is 17.8 Å². The van der Waals surface area contributed by atoms with E-state index in [1.54, 1.807) is 18.2 Å². The molecule has 1 N–H and O–H groups in total. The van der Waals surface area contributed by atoms with Gasteiger partial charge in [0.15, 0.2) is 0 Å². The van der Waals surface area contributed by atoms with E-state index in [9.17, 15) is 8.42 Å². The first-order valence-corrected chi connectivity index (χ1v) is 5.96. The summed E-state index contributed by atoms with van der Waals surface area (Å²) in [6, 6.07) is 0. The lowest BCUT2D eigenvalue weighted by molar-refractivity contribution is -0.00240. The molecule has 0 atom stereocenters. The second-order valence-corrected chi connectivity index (χ2v) is 4.74. The van der Waals surface area contributed by atoms with E-state index in [0.717, 1.165) is 0 Å². The summed E-state index contributed by atoms with van der Waals surface area (Å²) in [4.78, 5) is 2.92. The van der Waals surface area contributed by atoms with E-state index in [1.807, 2.05) is 0 Å². The predicted octanol–water partition coefficient (Wildman–Crippen LogP) is 1.26. The normalized spacial score (nSPS) is 19.3. The maximum Gasteiger partial charge on any atom is 0.322 e. The maximum absolute atomic E-state index is 11.1. The lowest BCUT2D eigenvalue weighted by Crippen LogP contribution is -2.15. The lowest BCUT2D eigenvalue weighted by atomic mass is 9.90. The molecule has 0 spiro atoms. The molecule has 0 radical (unpaired) electrons. The van der Waals surface area contributed by atoms with E-state index in [0.29, 0.717) is 17.6 Å². The molecule has 0 saturated carbocycles. The molecule has 0 amide bonds. The molecule has 2 aliphatic rings. The van der Waals surface area contributed by atoms with Crippen molar-refractivity contribution in [1.29, 1.82) is 0 Å². The minimum Gasteiger partial charge on any atom is -0.361 e. The van der Waals surface area contributed by atoms with Crippen molar-refractivity contribution in [3.8, 4) is 0 Å². The molecule has 2 rings (SSSR count). The molecule has 16 heavy (non-hydrogen) atoms. The first-order chi connectivity index (χ1) is 7.54. The first-order valence-electron chi connectivity index (χ1n) is 4.52. The summed E-state index contributed by atoms with van der Waals surface area (Å²) in [7, 11) is -4.25. The molecule has 0 saturated heterocycles. The van der Waals surface area contributed by atoms with Gasteiger partial charge in [0.05, 0.1) is 10.5 Å². The van der Waals surface area contributed by atoms with Crippen LogP contribution >= 0.6 is 0 Å². The monoisotopic (exact) mass is 236 g/mol. The molecule has 6 heteroatoms. The molecular weight excluding hydrogens is 228 g/mol. The van der Waals surface area contributed by atoms with E-state index in [-0.39, 0.29) is 10.6 Å². The van der Waals surface area contributed by atoms with Crippen molar-refractivity contribution in [2.45, 2.75) is 6.42 Å². The Labute approximate surface area is 92.5 Å². The third kappa shape index (κ3) is 1.69. The van der Waals surface area contributed by atoms with Gasteiger partial charge in [-0.25, -0.2) is 0 Å². The van der Waals surface area contributed by atoms with Crippen LogP contribution in [0.1, 0.15) is 6.42 Å². The molecule has 0 aliphatic heterocycles. The van der Waals surface area contributed by atoms with Crippen molar-refractivity contribution in [3.05, 3.63) is 52.0 Å². The molecule has 5 nitrogen and oxygen atoms in total. The zero-order chi connectivity index (χ0) is 11.8.